The molecule has 0 saturated carbocycles. The molecule has 0 atom stereocenters. The summed E-state index contributed by atoms with van der Waals surface area (Å²) in [6.07, 6.45) is 18.9. The van der Waals surface area contributed by atoms with Crippen LogP contribution in [0.1, 0.15) is 135 Å². The van der Waals surface area contributed by atoms with Crippen molar-refractivity contribution in [2.45, 2.75) is 136 Å². The number of aromatic nitrogens is 4. The van der Waals surface area contributed by atoms with Gasteiger partial charge in [0.25, 0.3) is 0 Å². The van der Waals surface area contributed by atoms with Gasteiger partial charge in [-0.2, -0.15) is 5.10 Å². The molecule has 0 aliphatic carbocycles. The number of nitrogens with one attached hydrogen (secondary N) is 2. The van der Waals surface area contributed by atoms with E-state index in [0.29, 0.717) is 42.6 Å². The third kappa shape index (κ3) is 11.4. The molecule has 42 heavy (non-hydrogen) atoms. The van der Waals surface area contributed by atoms with Crippen LogP contribution in [-0.2, 0) is 21.5 Å². The summed E-state index contributed by atoms with van der Waals surface area (Å²) in [4.78, 5) is 15.5. The van der Waals surface area contributed by atoms with Crippen molar-refractivity contribution in [2.75, 3.05) is 13.2 Å². The number of hydrogen-bond acceptors (Lipinski definition) is 5. The molecular weight excluding hydrogens is 546 g/mol. The molecule has 1 aromatic carbocycles. The van der Waals surface area contributed by atoms with Crippen LogP contribution in [0.2, 0.25) is 5.02 Å². The summed E-state index contributed by atoms with van der Waals surface area (Å²) in [5.74, 6) is 0.576. The van der Waals surface area contributed by atoms with Gasteiger partial charge in [0.2, 0.25) is 0 Å². The Hall–Kier alpha value is -2.38. The maximum atomic E-state index is 12.2. The van der Waals surface area contributed by atoms with Crippen molar-refractivity contribution in [3.8, 4) is 11.4 Å². The fourth-order valence-electron chi connectivity index (χ4n) is 5.27. The van der Waals surface area contributed by atoms with Crippen molar-refractivity contribution < 1.29 is 9.53 Å². The molecule has 0 bridgehead atoms. The molecular formula is C34H54ClN5O2. The van der Waals surface area contributed by atoms with Crippen molar-refractivity contribution in [1.82, 2.24) is 25.1 Å². The largest absolute Gasteiger partial charge is 0.466 e. The topological polar surface area (TPSA) is 84.3 Å². The highest BCUT2D eigenvalue weighted by Gasteiger charge is 2.25. The second-order valence-electron chi connectivity index (χ2n) is 12.6. The van der Waals surface area contributed by atoms with Gasteiger partial charge < -0.3 is 15.0 Å². The molecule has 7 nitrogen and oxygen atoms in total. The Kier molecular flexibility index (Phi) is 14.9. The first-order chi connectivity index (χ1) is 20.3. The van der Waals surface area contributed by atoms with E-state index in [1.807, 2.05) is 18.2 Å². The molecule has 0 aliphatic rings. The van der Waals surface area contributed by atoms with Gasteiger partial charge in [-0.05, 0) is 12.0 Å². The summed E-state index contributed by atoms with van der Waals surface area (Å²) in [6, 6.07) is 8.08. The zero-order chi connectivity index (χ0) is 30.2. The molecule has 0 fully saturated rings. The molecule has 0 aliphatic heterocycles. The highest BCUT2D eigenvalue weighted by atomic mass is 35.5. The average molecular weight is 600 g/mol. The first kappa shape index (κ1) is 34.1. The van der Waals surface area contributed by atoms with Crippen LogP contribution in [0.15, 0.2) is 24.3 Å². The zero-order valence-corrected chi connectivity index (χ0v) is 27.3. The number of benzene rings is 1. The van der Waals surface area contributed by atoms with Crippen molar-refractivity contribution in [1.29, 1.82) is 0 Å². The first-order valence-electron chi connectivity index (χ1n) is 16.4. The minimum absolute atomic E-state index is 0.137. The van der Waals surface area contributed by atoms with E-state index in [1.165, 1.54) is 77.0 Å². The molecule has 2 aromatic heterocycles. The highest BCUT2D eigenvalue weighted by molar-refractivity contribution is 6.34. The predicted octanol–water partition coefficient (Wildman–Crippen LogP) is 9.18. The number of rotatable bonds is 21. The van der Waals surface area contributed by atoms with E-state index in [0.717, 1.165) is 29.7 Å². The molecule has 0 saturated heterocycles. The van der Waals surface area contributed by atoms with Gasteiger partial charge in [0, 0.05) is 24.1 Å². The molecule has 0 amide bonds. The number of esters is 1. The van der Waals surface area contributed by atoms with E-state index >= 15 is 0 Å². The van der Waals surface area contributed by atoms with Crippen molar-refractivity contribution >= 4 is 23.2 Å². The van der Waals surface area contributed by atoms with E-state index in [4.69, 9.17) is 16.3 Å². The lowest BCUT2D eigenvalue weighted by molar-refractivity contribution is -0.143. The highest BCUT2D eigenvalue weighted by Crippen LogP contribution is 2.32. The van der Waals surface area contributed by atoms with Gasteiger partial charge in [-0.1, -0.05) is 147 Å². The lowest BCUT2D eigenvalue weighted by atomic mass is 9.92. The number of ether oxygens (including phenoxy) is 1. The van der Waals surface area contributed by atoms with Crippen LogP contribution in [0.5, 0.6) is 0 Å². The standard InChI is InChI=1S/C34H54ClN5O2/c1-5-6-7-8-9-10-11-12-13-14-15-16-17-20-25-42-29(41)23-24-36-26-27-21-18-19-22-28(27)32-37-33-30(35)31(34(2,3)4)38-40(33)39-32/h18-19,21-22,36H,5-17,20,23-26H2,1-4H3,(H,37,39). The number of halogens is 1. The maximum Gasteiger partial charge on any atom is 0.307 e. The fraction of sp³-hybridized carbons (Fsp3) is 0.676. The van der Waals surface area contributed by atoms with Gasteiger partial charge in [-0.15, -0.1) is 9.73 Å². The molecule has 8 heteroatoms. The predicted molar refractivity (Wildman–Crippen MR) is 174 cm³/mol. The third-order valence-corrected chi connectivity index (χ3v) is 8.17. The smallest absolute Gasteiger partial charge is 0.307 e. The van der Waals surface area contributed by atoms with E-state index in [1.54, 1.807) is 4.63 Å². The van der Waals surface area contributed by atoms with Crippen LogP contribution in [-0.4, -0.2) is 38.9 Å². The van der Waals surface area contributed by atoms with Crippen LogP contribution < -0.4 is 5.32 Å². The van der Waals surface area contributed by atoms with E-state index < -0.39 is 0 Å². The van der Waals surface area contributed by atoms with E-state index in [9.17, 15) is 4.79 Å². The molecule has 0 spiro atoms. The normalized spacial score (nSPS) is 11.9. The SMILES string of the molecule is CCCCCCCCCCCCCCCCOC(=O)CCNCc1ccccc1-c1nn2nc(C(C)(C)C)c(Cl)c2[nH]1. The Labute approximate surface area is 258 Å². The Balaban J connectivity index is 1.25. The van der Waals surface area contributed by atoms with Gasteiger partial charge >= 0.3 is 5.97 Å². The number of fused-ring (bicyclic) bond motifs is 1. The van der Waals surface area contributed by atoms with Gasteiger partial charge in [0.1, 0.15) is 5.02 Å². The number of carbonyl (C=O) groups excluding carboxylic acids is 1. The van der Waals surface area contributed by atoms with Crippen molar-refractivity contribution in [3.63, 3.8) is 0 Å². The van der Waals surface area contributed by atoms with Crippen molar-refractivity contribution in [3.05, 3.63) is 40.5 Å². The number of nitrogens with zero attached hydrogens (tertiary/aromatic N) is 3. The first-order valence-corrected chi connectivity index (χ1v) is 16.8. The van der Waals surface area contributed by atoms with Gasteiger partial charge in [0.15, 0.2) is 11.5 Å². The van der Waals surface area contributed by atoms with Gasteiger partial charge in [-0.3, -0.25) is 4.79 Å². The molecule has 234 valence electrons. The number of unbranched alkanes of at least 4 members (excludes halogenated alkanes) is 13. The lowest BCUT2D eigenvalue weighted by Gasteiger charge is -2.14. The Morgan fingerprint density at radius 1 is 0.905 bits per heavy atom. The second-order valence-corrected chi connectivity index (χ2v) is 13.0. The molecule has 2 heterocycles. The third-order valence-electron chi connectivity index (χ3n) is 7.81. The Morgan fingerprint density at radius 3 is 2.10 bits per heavy atom. The van der Waals surface area contributed by atoms with Crippen LogP contribution in [0.3, 0.4) is 0 Å². The summed E-state index contributed by atoms with van der Waals surface area (Å²) in [6.45, 7) is 10.2. The summed E-state index contributed by atoms with van der Waals surface area (Å²) in [5, 5.41) is 13.2. The minimum atomic E-state index is -0.166. The number of H-pyrrole nitrogens is 1. The monoisotopic (exact) mass is 599 g/mol. The quantitative estimate of drug-likeness (QED) is 0.0941. The summed E-state index contributed by atoms with van der Waals surface area (Å²) >= 11 is 6.61. The number of carbonyl (C=O) groups is 1. The second kappa shape index (κ2) is 18.3. The van der Waals surface area contributed by atoms with E-state index in [2.05, 4.69) is 54.3 Å². The lowest BCUT2D eigenvalue weighted by Crippen LogP contribution is -2.19. The number of hydrogen-bond donors (Lipinski definition) is 2. The van der Waals surface area contributed by atoms with Crippen LogP contribution in [0.4, 0.5) is 0 Å². The molecule has 0 radical (unpaired) electrons. The summed E-state index contributed by atoms with van der Waals surface area (Å²) in [7, 11) is 0. The maximum absolute atomic E-state index is 12.2. The van der Waals surface area contributed by atoms with Crippen molar-refractivity contribution in [2.24, 2.45) is 0 Å². The van der Waals surface area contributed by atoms with Crippen LogP contribution in [0.25, 0.3) is 17.0 Å². The fourth-order valence-corrected chi connectivity index (χ4v) is 5.72. The molecule has 2 N–H and O–H groups in total. The minimum Gasteiger partial charge on any atom is -0.466 e. The van der Waals surface area contributed by atoms with Gasteiger partial charge in [-0.25, -0.2) is 0 Å². The molecule has 3 rings (SSSR count). The molecule has 3 aromatic rings. The summed E-state index contributed by atoms with van der Waals surface area (Å²) < 4.78 is 7.03. The van der Waals surface area contributed by atoms with Crippen LogP contribution >= 0.6 is 11.6 Å². The number of aromatic amines is 1. The molecule has 0 unspecified atom stereocenters. The Morgan fingerprint density at radius 2 is 1.50 bits per heavy atom. The summed E-state index contributed by atoms with van der Waals surface area (Å²) in [5.41, 5.74) is 3.41. The van der Waals surface area contributed by atoms with Gasteiger partial charge in [0.05, 0.1) is 18.7 Å². The van der Waals surface area contributed by atoms with Crippen LogP contribution in [0, 0.1) is 0 Å². The Bertz CT molecular complexity index is 1200. The average Bonchev–Trinajstić information content (AvgIpc) is 3.52. The van der Waals surface area contributed by atoms with E-state index in [-0.39, 0.29) is 11.4 Å². The zero-order valence-electron chi connectivity index (χ0n) is 26.6.